The molecular weight excluding hydrogens is 268 g/mol. The van der Waals surface area contributed by atoms with E-state index in [4.69, 9.17) is 13.7 Å². The Morgan fingerprint density at radius 2 is 1.15 bits per heavy atom. The van der Waals surface area contributed by atoms with Crippen molar-refractivity contribution in [3.05, 3.63) is 60.7 Å². The predicted octanol–water partition coefficient (Wildman–Crippen LogP) is 1.20. The van der Waals surface area contributed by atoms with Gasteiger partial charge in [0.2, 0.25) is 0 Å². The molecule has 0 atom stereocenters. The largest absolute Gasteiger partial charge is 0.491 e. The van der Waals surface area contributed by atoms with E-state index in [1.807, 2.05) is 60.7 Å². The fourth-order valence-corrected chi connectivity index (χ4v) is 2.43. The molecule has 1 aliphatic rings. The standard InChI is InChI=1S/C13H12B3O3P/c1-20-16-18-14(12-8-4-2-5-9-12)17-15(19-16)13-10-6-3-7-11-13/h2-11H,1H2. The van der Waals surface area contributed by atoms with E-state index in [2.05, 4.69) is 6.30 Å². The number of benzene rings is 2. The van der Waals surface area contributed by atoms with Gasteiger partial charge in [0.25, 0.3) is 0 Å². The molecule has 0 N–H and O–H groups in total. The number of hydrogen-bond donors (Lipinski definition) is 0. The zero-order chi connectivity index (χ0) is 13.8. The molecule has 0 amide bonds. The van der Waals surface area contributed by atoms with Crippen LogP contribution < -0.4 is 10.9 Å². The van der Waals surface area contributed by atoms with Crippen LogP contribution in [0.2, 0.25) is 0 Å². The van der Waals surface area contributed by atoms with Gasteiger partial charge in [0, 0.05) is 0 Å². The predicted molar refractivity (Wildman–Crippen MR) is 86.7 cm³/mol. The highest BCUT2D eigenvalue weighted by molar-refractivity contribution is 7.72. The van der Waals surface area contributed by atoms with Crippen LogP contribution >= 0.6 is 8.08 Å². The lowest BCUT2D eigenvalue weighted by atomic mass is 9.67. The van der Waals surface area contributed by atoms with Gasteiger partial charge in [0.15, 0.2) is 0 Å². The first-order valence-corrected chi connectivity index (χ1v) is 7.54. The minimum Gasteiger partial charge on any atom is -0.445 e. The Morgan fingerprint density at radius 3 is 1.55 bits per heavy atom. The Bertz CT molecular complexity index is 522. The van der Waals surface area contributed by atoms with Crippen LogP contribution in [0.5, 0.6) is 0 Å². The number of rotatable bonds is 3. The Kier molecular flexibility index (Phi) is 4.39. The fourth-order valence-electron chi connectivity index (χ4n) is 2.04. The van der Waals surface area contributed by atoms with E-state index in [0.29, 0.717) is 0 Å². The van der Waals surface area contributed by atoms with E-state index in [1.54, 1.807) is 0 Å². The molecule has 2 aromatic rings. The summed E-state index contributed by atoms with van der Waals surface area (Å²) < 4.78 is 17.4. The Hall–Kier alpha value is -1.32. The van der Waals surface area contributed by atoms with E-state index in [9.17, 15) is 0 Å². The molecule has 0 aromatic heterocycles. The highest BCUT2D eigenvalue weighted by Crippen LogP contribution is 2.15. The molecule has 3 rings (SSSR count). The molecule has 1 aliphatic heterocycles. The first kappa shape index (κ1) is 13.7. The van der Waals surface area contributed by atoms with Gasteiger partial charge in [-0.25, -0.2) is 0 Å². The third-order valence-electron chi connectivity index (χ3n) is 3.02. The molecule has 0 bridgehead atoms. The van der Waals surface area contributed by atoms with Crippen molar-refractivity contribution in [1.29, 1.82) is 0 Å². The van der Waals surface area contributed by atoms with Crippen molar-refractivity contribution >= 4 is 46.4 Å². The minimum absolute atomic E-state index is 0.390. The lowest BCUT2D eigenvalue weighted by Crippen LogP contribution is -2.56. The van der Waals surface area contributed by atoms with Crippen LogP contribution in [-0.4, -0.2) is 27.4 Å². The van der Waals surface area contributed by atoms with Crippen molar-refractivity contribution in [2.75, 3.05) is 0 Å². The molecule has 1 heterocycles. The average Bonchev–Trinajstić information content (AvgIpc) is 2.56. The zero-order valence-corrected chi connectivity index (χ0v) is 11.8. The van der Waals surface area contributed by atoms with Crippen LogP contribution in [0.1, 0.15) is 0 Å². The fraction of sp³-hybridized carbons (Fsp3) is 0. The van der Waals surface area contributed by atoms with E-state index >= 15 is 0 Å². The summed E-state index contributed by atoms with van der Waals surface area (Å²) in [4.78, 5) is 0. The molecule has 0 saturated carbocycles. The quantitative estimate of drug-likeness (QED) is 0.624. The Morgan fingerprint density at radius 1 is 0.700 bits per heavy atom. The molecule has 0 unspecified atom stereocenters. The minimum atomic E-state index is -0.436. The summed E-state index contributed by atoms with van der Waals surface area (Å²) in [6.07, 6.45) is 3.83. The maximum absolute atomic E-state index is 5.91. The second kappa shape index (κ2) is 6.42. The van der Waals surface area contributed by atoms with Crippen LogP contribution in [0, 0.1) is 0 Å². The maximum atomic E-state index is 5.91. The van der Waals surface area contributed by atoms with E-state index in [-0.39, 0.29) is 6.84 Å². The van der Waals surface area contributed by atoms with Crippen molar-refractivity contribution < 1.29 is 13.7 Å². The summed E-state index contributed by atoms with van der Waals surface area (Å²) in [5, 5.41) is 0. The van der Waals surface area contributed by atoms with Gasteiger partial charge in [-0.3, -0.25) is 0 Å². The summed E-state index contributed by atoms with van der Waals surface area (Å²) in [6, 6.07) is 19.7. The summed E-state index contributed by atoms with van der Waals surface area (Å²) in [5.41, 5.74) is 1.95. The molecule has 20 heavy (non-hydrogen) atoms. The first-order chi connectivity index (χ1) is 9.86. The van der Waals surface area contributed by atoms with Crippen LogP contribution in [0.15, 0.2) is 60.7 Å². The zero-order valence-electron chi connectivity index (χ0n) is 10.9. The van der Waals surface area contributed by atoms with Gasteiger partial charge in [-0.1, -0.05) is 75.0 Å². The molecule has 1 saturated heterocycles. The molecule has 96 valence electrons. The molecule has 0 radical (unpaired) electrons. The summed E-state index contributed by atoms with van der Waals surface area (Å²) >= 11 is 0. The van der Waals surface area contributed by atoms with E-state index in [1.165, 1.54) is 0 Å². The lowest BCUT2D eigenvalue weighted by Gasteiger charge is -2.29. The smallest absolute Gasteiger partial charge is 0.445 e. The Labute approximate surface area is 121 Å². The molecular formula is C13H12B3O3P. The van der Waals surface area contributed by atoms with Gasteiger partial charge in [0.05, 0.1) is 0 Å². The summed E-state index contributed by atoms with van der Waals surface area (Å²) in [7, 11) is -0.0903. The van der Waals surface area contributed by atoms with Crippen molar-refractivity contribution in [3.63, 3.8) is 0 Å². The first-order valence-electron chi connectivity index (χ1n) is 6.39. The van der Waals surface area contributed by atoms with Crippen molar-refractivity contribution in [2.45, 2.75) is 0 Å². The van der Waals surface area contributed by atoms with Gasteiger partial charge in [-0.05, 0) is 10.9 Å². The lowest BCUT2D eigenvalue weighted by molar-refractivity contribution is 0.315. The molecule has 0 spiro atoms. The SMILES string of the molecule is C=PB1OB(c2ccccc2)OB(c2ccccc2)O1. The topological polar surface area (TPSA) is 27.7 Å². The average molecular weight is 280 g/mol. The van der Waals surface area contributed by atoms with Gasteiger partial charge >= 0.3 is 21.1 Å². The summed E-state index contributed by atoms with van der Waals surface area (Å²) in [6.45, 7) is -0.390. The second-order valence-electron chi connectivity index (χ2n) is 4.38. The van der Waals surface area contributed by atoms with Gasteiger partial charge in [0.1, 0.15) is 0 Å². The Balaban J connectivity index is 1.85. The van der Waals surface area contributed by atoms with Crippen molar-refractivity contribution in [3.8, 4) is 0 Å². The van der Waals surface area contributed by atoms with Crippen LogP contribution in [0.25, 0.3) is 0 Å². The number of hydrogen-bond acceptors (Lipinski definition) is 3. The third-order valence-corrected chi connectivity index (χ3v) is 3.56. The molecule has 0 aliphatic carbocycles. The third kappa shape index (κ3) is 3.05. The van der Waals surface area contributed by atoms with E-state index < -0.39 is 14.2 Å². The van der Waals surface area contributed by atoms with Crippen LogP contribution in [0.4, 0.5) is 0 Å². The molecule has 3 nitrogen and oxygen atoms in total. The summed E-state index contributed by atoms with van der Waals surface area (Å²) in [5.74, 6) is 0. The van der Waals surface area contributed by atoms with E-state index in [0.717, 1.165) is 19.0 Å². The van der Waals surface area contributed by atoms with Gasteiger partial charge < -0.3 is 13.7 Å². The monoisotopic (exact) mass is 280 g/mol. The highest BCUT2D eigenvalue weighted by Gasteiger charge is 2.41. The van der Waals surface area contributed by atoms with Crippen LogP contribution in [0.3, 0.4) is 0 Å². The highest BCUT2D eigenvalue weighted by atomic mass is 31.1. The normalized spacial score (nSPS) is 15.7. The molecule has 2 aromatic carbocycles. The van der Waals surface area contributed by atoms with Gasteiger partial charge in [-0.15, -0.1) is 0 Å². The maximum Gasteiger partial charge on any atom is 0.491 e. The molecule has 7 heteroatoms. The molecule has 1 fully saturated rings. The van der Waals surface area contributed by atoms with Crippen LogP contribution in [-0.2, 0) is 13.7 Å². The van der Waals surface area contributed by atoms with Gasteiger partial charge in [-0.2, -0.15) is 0 Å². The van der Waals surface area contributed by atoms with Crippen molar-refractivity contribution in [1.82, 2.24) is 0 Å². The second-order valence-corrected chi connectivity index (χ2v) is 5.17. The van der Waals surface area contributed by atoms with Crippen molar-refractivity contribution in [2.24, 2.45) is 0 Å².